The Morgan fingerprint density at radius 1 is 0.276 bits per heavy atom. The Balaban J connectivity index is 1.01. The van der Waals surface area contributed by atoms with E-state index in [1.165, 1.54) is 38.0 Å². The fraction of sp³-hybridized carbons (Fsp3) is 0.0247. The Hall–Kier alpha value is -11.5. The molecule has 87 heavy (non-hydrogen) atoms. The van der Waals surface area contributed by atoms with Crippen LogP contribution in [0, 0.1) is 0 Å². The highest BCUT2D eigenvalue weighted by atomic mass is 15.1. The van der Waals surface area contributed by atoms with E-state index in [9.17, 15) is 0 Å². The Kier molecular flexibility index (Phi) is 11.9. The SMILES string of the molecule is C1=CC(c2nc(-c3ccccc3)nc(-c3cc(-c4ccc(-c5ccccc5)cc4)c(-n4c5ccccc5c5c4ccc4c6ccc7c(c8ccccc8n7-c7ccccc7)c6n(-c6ccccc6)c45)c(-c4ccc(-c5ccccc5)cc4)c3)n2)=CCC1. The maximum Gasteiger partial charge on any atom is 0.164 e. The standard InChI is InChI=1S/C81H54N6/c1-7-23-53(24-8-1)55-39-43-57(44-40-55)68-51-61(81-83-79(59-27-11-3-12-28-59)82-80(84-81)60-29-13-4-14-30-60)52-69(58-45-41-56(42-46-58)54-25-9-2-10-26-54)76(68)87-71-38-22-20-36-67(71)75-73(87)50-48-65-64-47-49-72-74(77(64)86(78(65)75)63-33-17-6-18-34-63)66-35-19-21-37-70(66)85(72)62-31-15-5-16-32-62/h1-3,5-13,15-52H,4,14H2. The van der Waals surface area contributed by atoms with E-state index in [1.807, 2.05) is 18.2 Å². The highest BCUT2D eigenvalue weighted by Gasteiger charge is 2.28. The fourth-order valence-electron chi connectivity index (χ4n) is 13.5. The molecule has 408 valence electrons. The summed E-state index contributed by atoms with van der Waals surface area (Å²) < 4.78 is 7.53. The van der Waals surface area contributed by atoms with E-state index in [2.05, 4.69) is 299 Å². The van der Waals surface area contributed by atoms with Gasteiger partial charge in [-0.1, -0.05) is 243 Å². The van der Waals surface area contributed by atoms with Crippen LogP contribution in [0.2, 0.25) is 0 Å². The summed E-state index contributed by atoms with van der Waals surface area (Å²) in [5, 5.41) is 7.14. The summed E-state index contributed by atoms with van der Waals surface area (Å²) in [5.41, 5.74) is 21.8. The van der Waals surface area contributed by atoms with Gasteiger partial charge in [-0.25, -0.2) is 15.0 Å². The van der Waals surface area contributed by atoms with Crippen LogP contribution >= 0.6 is 0 Å². The third-order valence-corrected chi connectivity index (χ3v) is 17.5. The second-order valence-corrected chi connectivity index (χ2v) is 22.5. The number of fused-ring (bicyclic) bond motifs is 11. The molecule has 0 fully saturated rings. The normalized spacial score (nSPS) is 12.5. The largest absolute Gasteiger partial charge is 0.309 e. The Labute approximate surface area is 503 Å². The number of hydrogen-bond acceptors (Lipinski definition) is 3. The minimum atomic E-state index is 0.603. The van der Waals surface area contributed by atoms with Crippen molar-refractivity contribution in [2.24, 2.45) is 0 Å². The number of para-hydroxylation sites is 4. The molecule has 1 aliphatic carbocycles. The summed E-state index contributed by atoms with van der Waals surface area (Å²) in [6.45, 7) is 0. The molecule has 0 amide bonds. The minimum absolute atomic E-state index is 0.603. The molecule has 0 atom stereocenters. The molecule has 0 saturated carbocycles. The smallest absolute Gasteiger partial charge is 0.164 e. The molecule has 6 nitrogen and oxygen atoms in total. The lowest BCUT2D eigenvalue weighted by atomic mass is 9.91. The predicted octanol–water partition coefficient (Wildman–Crippen LogP) is 20.9. The molecular formula is C81H54N6. The quantitative estimate of drug-likeness (QED) is 0.137. The van der Waals surface area contributed by atoms with Gasteiger partial charge in [0.05, 0.1) is 38.8 Å². The van der Waals surface area contributed by atoms with Crippen LogP contribution in [0.3, 0.4) is 0 Å². The van der Waals surface area contributed by atoms with Crippen LogP contribution in [0.15, 0.2) is 303 Å². The van der Waals surface area contributed by atoms with Gasteiger partial charge in [0.25, 0.3) is 0 Å². The third kappa shape index (κ3) is 8.36. The molecule has 0 radical (unpaired) electrons. The van der Waals surface area contributed by atoms with Gasteiger partial charge < -0.3 is 13.7 Å². The topological polar surface area (TPSA) is 53.5 Å². The number of benzene rings is 12. The highest BCUT2D eigenvalue weighted by molar-refractivity contribution is 6.32. The summed E-state index contributed by atoms with van der Waals surface area (Å²) >= 11 is 0. The molecule has 1 aliphatic rings. The van der Waals surface area contributed by atoms with E-state index in [0.717, 1.165) is 119 Å². The summed E-state index contributed by atoms with van der Waals surface area (Å²) in [5.74, 6) is 1.89. The van der Waals surface area contributed by atoms with Crippen molar-refractivity contribution in [3.8, 4) is 84.3 Å². The number of aromatic nitrogens is 6. The molecule has 0 spiro atoms. The number of hydrogen-bond donors (Lipinski definition) is 0. The molecule has 0 N–H and O–H groups in total. The van der Waals surface area contributed by atoms with E-state index >= 15 is 0 Å². The number of rotatable bonds is 10. The molecule has 12 aromatic carbocycles. The molecule has 4 heterocycles. The summed E-state index contributed by atoms with van der Waals surface area (Å²) in [6, 6.07) is 103. The maximum atomic E-state index is 5.42. The first-order chi connectivity index (χ1) is 43.2. The van der Waals surface area contributed by atoms with Crippen molar-refractivity contribution in [1.82, 2.24) is 28.7 Å². The summed E-state index contributed by atoms with van der Waals surface area (Å²) in [7, 11) is 0. The molecule has 6 heteroatoms. The second kappa shape index (κ2) is 20.7. The zero-order valence-corrected chi connectivity index (χ0v) is 47.5. The molecule has 17 rings (SSSR count). The molecule has 16 aromatic rings. The predicted molar refractivity (Wildman–Crippen MR) is 362 cm³/mol. The Morgan fingerprint density at radius 2 is 0.678 bits per heavy atom. The maximum absolute atomic E-state index is 5.42. The molecule has 4 aromatic heterocycles. The van der Waals surface area contributed by atoms with E-state index in [1.54, 1.807) is 0 Å². The van der Waals surface area contributed by atoms with Crippen LogP contribution in [-0.2, 0) is 0 Å². The highest BCUT2D eigenvalue weighted by Crippen LogP contribution is 2.49. The van der Waals surface area contributed by atoms with Gasteiger partial charge in [-0.05, 0) is 107 Å². The lowest BCUT2D eigenvalue weighted by molar-refractivity contribution is 1.01. The molecule has 0 aliphatic heterocycles. The average molecular weight is 1110 g/mol. The van der Waals surface area contributed by atoms with E-state index in [0.29, 0.717) is 17.5 Å². The Bertz CT molecular complexity index is 5280. The van der Waals surface area contributed by atoms with Gasteiger partial charge in [0.1, 0.15) is 0 Å². The van der Waals surface area contributed by atoms with Crippen LogP contribution in [0.25, 0.3) is 155 Å². The van der Waals surface area contributed by atoms with Gasteiger partial charge in [0.2, 0.25) is 0 Å². The van der Waals surface area contributed by atoms with Crippen LogP contribution in [-0.4, -0.2) is 28.7 Å². The van der Waals surface area contributed by atoms with E-state index in [4.69, 9.17) is 15.0 Å². The molecule has 0 saturated heterocycles. The number of nitrogens with zero attached hydrogens (tertiary/aromatic N) is 6. The molecular weight excluding hydrogens is 1060 g/mol. The number of allylic oxidation sites excluding steroid dienone is 4. The van der Waals surface area contributed by atoms with Crippen molar-refractivity contribution in [3.63, 3.8) is 0 Å². The van der Waals surface area contributed by atoms with Crippen molar-refractivity contribution in [2.45, 2.75) is 12.8 Å². The molecule has 0 bridgehead atoms. The van der Waals surface area contributed by atoms with Crippen molar-refractivity contribution in [3.05, 3.63) is 309 Å². The van der Waals surface area contributed by atoms with Crippen LogP contribution in [0.4, 0.5) is 0 Å². The lowest BCUT2D eigenvalue weighted by Gasteiger charge is -2.21. The second-order valence-electron chi connectivity index (χ2n) is 22.5. The average Bonchev–Trinajstić information content (AvgIpc) is 1.56. The zero-order valence-electron chi connectivity index (χ0n) is 47.5. The van der Waals surface area contributed by atoms with Crippen molar-refractivity contribution in [2.75, 3.05) is 0 Å². The fourth-order valence-corrected chi connectivity index (χ4v) is 13.5. The van der Waals surface area contributed by atoms with Gasteiger partial charge in [-0.3, -0.25) is 0 Å². The van der Waals surface area contributed by atoms with Crippen LogP contribution in [0.5, 0.6) is 0 Å². The molecule has 0 unspecified atom stereocenters. The third-order valence-electron chi connectivity index (χ3n) is 17.5. The minimum Gasteiger partial charge on any atom is -0.309 e. The monoisotopic (exact) mass is 1110 g/mol. The van der Waals surface area contributed by atoms with Crippen molar-refractivity contribution in [1.29, 1.82) is 0 Å². The van der Waals surface area contributed by atoms with Gasteiger partial charge in [0, 0.05) is 71.5 Å². The first kappa shape index (κ1) is 50.1. The van der Waals surface area contributed by atoms with Crippen LogP contribution in [0.1, 0.15) is 18.7 Å². The van der Waals surface area contributed by atoms with Crippen molar-refractivity contribution >= 4 is 71.0 Å². The van der Waals surface area contributed by atoms with Gasteiger partial charge in [-0.15, -0.1) is 0 Å². The van der Waals surface area contributed by atoms with E-state index < -0.39 is 0 Å². The summed E-state index contributed by atoms with van der Waals surface area (Å²) in [4.78, 5) is 16.0. The van der Waals surface area contributed by atoms with Gasteiger partial charge >= 0.3 is 0 Å². The van der Waals surface area contributed by atoms with Gasteiger partial charge in [0.15, 0.2) is 17.5 Å². The first-order valence-corrected chi connectivity index (χ1v) is 29.9. The Morgan fingerprint density at radius 3 is 1.18 bits per heavy atom. The van der Waals surface area contributed by atoms with E-state index in [-0.39, 0.29) is 0 Å². The lowest BCUT2D eigenvalue weighted by Crippen LogP contribution is -2.05. The first-order valence-electron chi connectivity index (χ1n) is 29.9. The summed E-state index contributed by atoms with van der Waals surface area (Å²) in [6.07, 6.45) is 8.53. The zero-order chi connectivity index (χ0) is 57.4. The van der Waals surface area contributed by atoms with Gasteiger partial charge in [-0.2, -0.15) is 0 Å². The van der Waals surface area contributed by atoms with Crippen LogP contribution < -0.4 is 0 Å². The van der Waals surface area contributed by atoms with Crippen molar-refractivity contribution < 1.29 is 0 Å².